The number of primary amides is 1. The highest BCUT2D eigenvalue weighted by atomic mass is 35.5. The maximum Gasteiger partial charge on any atom is 0.235 e. The molecule has 1 amide bonds. The first kappa shape index (κ1) is 30.3. The molecule has 0 saturated heterocycles. The molecule has 0 aliphatic heterocycles. The molecule has 11 heteroatoms. The maximum absolute atomic E-state index is 13.9. The number of phenolic OH excluding ortho intramolecular Hbond substituents is 1. The molecule has 2 fully saturated rings. The lowest BCUT2D eigenvalue weighted by atomic mass is 9.52. The van der Waals surface area contributed by atoms with Gasteiger partial charge in [-0.1, -0.05) is 32.4 Å². The molecule has 10 nitrogen and oxygen atoms in total. The quantitative estimate of drug-likeness (QED) is 0.408. The number of hydrogen-bond donors (Lipinski definition) is 3. The molecule has 3 aliphatic carbocycles. The maximum atomic E-state index is 13.9. The van der Waals surface area contributed by atoms with E-state index in [2.05, 4.69) is 25.7 Å². The summed E-state index contributed by atoms with van der Waals surface area (Å²) >= 11 is 6.87. The number of benzene rings is 1. The van der Waals surface area contributed by atoms with Crippen molar-refractivity contribution >= 4 is 40.6 Å². The second-order valence-corrected chi connectivity index (χ2v) is 12.4. The van der Waals surface area contributed by atoms with Crippen LogP contribution in [0.2, 0.25) is 5.02 Å². The van der Waals surface area contributed by atoms with E-state index in [4.69, 9.17) is 17.3 Å². The SMILES string of the molecule is CCN(Cc1cc(O)c2c(c1Cl)C[C@H]1C[C@H]3[C@H](N(C)C)C(=O)C(C(N)=O)C(=O)[C@@]3(O)C(=O)C1C2=O)[C@@H](C)C(C)C. The fourth-order valence-electron chi connectivity index (χ4n) is 7.01. The third kappa shape index (κ3) is 4.40. The molecule has 1 aromatic carbocycles. The molecular formula is C29H38ClN3O7. The minimum absolute atomic E-state index is 0.0172. The molecule has 2 saturated carbocycles. The molecule has 2 unspecified atom stereocenters. The zero-order valence-corrected chi connectivity index (χ0v) is 24.5. The van der Waals surface area contributed by atoms with E-state index in [1.54, 1.807) is 14.1 Å². The van der Waals surface area contributed by atoms with Gasteiger partial charge in [0.05, 0.1) is 17.5 Å². The van der Waals surface area contributed by atoms with Crippen molar-refractivity contribution in [2.75, 3.05) is 20.6 Å². The zero-order valence-electron chi connectivity index (χ0n) is 23.7. The van der Waals surface area contributed by atoms with Gasteiger partial charge >= 0.3 is 0 Å². The van der Waals surface area contributed by atoms with Gasteiger partial charge in [-0.25, -0.2) is 0 Å². The molecule has 7 atom stereocenters. The average molecular weight is 576 g/mol. The van der Waals surface area contributed by atoms with Crippen LogP contribution < -0.4 is 5.73 Å². The van der Waals surface area contributed by atoms with Crippen molar-refractivity contribution < 1.29 is 34.2 Å². The molecule has 4 rings (SSSR count). The van der Waals surface area contributed by atoms with Crippen LogP contribution in [0.25, 0.3) is 0 Å². The molecule has 0 bridgehead atoms. The van der Waals surface area contributed by atoms with Crippen molar-refractivity contribution in [2.45, 2.75) is 64.8 Å². The van der Waals surface area contributed by atoms with Gasteiger partial charge in [-0.2, -0.15) is 0 Å². The standard InChI is InChI=1S/C29H38ClN3O7/c1-7-33(13(4)12(2)3)11-15-10-18(34)20-16(22(15)30)8-14-9-17-23(32(5)6)25(36)21(28(31)39)27(38)29(17,40)26(37)19(14)24(20)35/h10,12-14,17,19,21,23,34,40H,7-9,11H2,1-6H3,(H2,31,39)/t13-,14-,17-,19?,21?,23-,29-/m0/s1. The molecular weight excluding hydrogens is 538 g/mol. The summed E-state index contributed by atoms with van der Waals surface area (Å²) in [6.07, 6.45) is 0.120. The lowest BCUT2D eigenvalue weighted by Gasteiger charge is -2.52. The number of halogens is 1. The Kier molecular flexibility index (Phi) is 8.05. The summed E-state index contributed by atoms with van der Waals surface area (Å²) in [7, 11) is 3.10. The summed E-state index contributed by atoms with van der Waals surface area (Å²) in [5.41, 5.74) is 3.57. The molecule has 4 N–H and O–H groups in total. The number of phenols is 1. The Bertz CT molecular complexity index is 1290. The number of carbonyl (C=O) groups is 5. The number of rotatable bonds is 7. The smallest absolute Gasteiger partial charge is 0.235 e. The topological polar surface area (TPSA) is 158 Å². The van der Waals surface area contributed by atoms with Gasteiger partial charge < -0.3 is 15.9 Å². The predicted octanol–water partition coefficient (Wildman–Crippen LogP) is 1.39. The van der Waals surface area contributed by atoms with E-state index in [-0.39, 0.29) is 30.2 Å². The zero-order chi connectivity index (χ0) is 30.0. The second kappa shape index (κ2) is 10.6. The van der Waals surface area contributed by atoms with Gasteiger partial charge in [-0.05, 0) is 69.4 Å². The van der Waals surface area contributed by atoms with Gasteiger partial charge in [-0.3, -0.25) is 33.8 Å². The van der Waals surface area contributed by atoms with Crippen molar-refractivity contribution in [1.82, 2.24) is 9.80 Å². The molecule has 0 aromatic heterocycles. The molecule has 0 spiro atoms. The fourth-order valence-corrected chi connectivity index (χ4v) is 7.29. The number of ketones is 4. The van der Waals surface area contributed by atoms with Crippen LogP contribution in [-0.2, 0) is 32.1 Å². The van der Waals surface area contributed by atoms with Crippen molar-refractivity contribution in [3.63, 3.8) is 0 Å². The number of likely N-dealkylation sites (N-methyl/N-ethyl adjacent to an activating group) is 1. The van der Waals surface area contributed by atoms with Crippen LogP contribution in [0.1, 0.15) is 55.6 Å². The van der Waals surface area contributed by atoms with E-state index in [1.165, 1.54) is 11.0 Å². The molecule has 40 heavy (non-hydrogen) atoms. The largest absolute Gasteiger partial charge is 0.507 e. The summed E-state index contributed by atoms with van der Waals surface area (Å²) in [4.78, 5) is 70.0. The van der Waals surface area contributed by atoms with E-state index in [0.29, 0.717) is 28.6 Å². The summed E-state index contributed by atoms with van der Waals surface area (Å²) in [5, 5.41) is 23.0. The van der Waals surface area contributed by atoms with Crippen LogP contribution in [-0.4, -0.2) is 87.4 Å². The third-order valence-electron chi connectivity index (χ3n) is 9.39. The van der Waals surface area contributed by atoms with Crippen LogP contribution in [0.5, 0.6) is 5.75 Å². The Labute approximate surface area is 238 Å². The van der Waals surface area contributed by atoms with Gasteiger partial charge in [0.15, 0.2) is 34.7 Å². The highest BCUT2D eigenvalue weighted by Crippen LogP contribution is 2.51. The molecule has 3 aliphatic rings. The molecule has 1 aromatic rings. The Morgan fingerprint density at radius 1 is 1.18 bits per heavy atom. The van der Waals surface area contributed by atoms with Crippen molar-refractivity contribution in [1.29, 1.82) is 0 Å². The monoisotopic (exact) mass is 575 g/mol. The van der Waals surface area contributed by atoms with Crippen LogP contribution in [0.15, 0.2) is 6.07 Å². The Balaban J connectivity index is 1.80. The number of aliphatic hydroxyl groups is 1. The molecule has 218 valence electrons. The van der Waals surface area contributed by atoms with E-state index >= 15 is 0 Å². The van der Waals surface area contributed by atoms with E-state index in [0.717, 1.165) is 6.54 Å². The van der Waals surface area contributed by atoms with Crippen molar-refractivity contribution in [2.24, 2.45) is 35.3 Å². The number of nitrogens with two attached hydrogens (primary N) is 1. The van der Waals surface area contributed by atoms with E-state index in [9.17, 15) is 34.2 Å². The van der Waals surface area contributed by atoms with Gasteiger partial charge in [0, 0.05) is 23.5 Å². The molecule has 0 heterocycles. The van der Waals surface area contributed by atoms with Gasteiger partial charge in [-0.15, -0.1) is 0 Å². The minimum atomic E-state index is -2.75. The number of fused-ring (bicyclic) bond motifs is 3. The molecule has 0 radical (unpaired) electrons. The first-order valence-corrected chi connectivity index (χ1v) is 14.1. The van der Waals surface area contributed by atoms with Gasteiger partial charge in [0.2, 0.25) is 5.91 Å². The summed E-state index contributed by atoms with van der Waals surface area (Å²) in [5.74, 6) is -10.4. The average Bonchev–Trinajstić information content (AvgIpc) is 2.86. The van der Waals surface area contributed by atoms with E-state index in [1.807, 2.05) is 6.92 Å². The number of aromatic hydroxyl groups is 1. The minimum Gasteiger partial charge on any atom is -0.507 e. The van der Waals surface area contributed by atoms with Crippen LogP contribution in [0.4, 0.5) is 0 Å². The lowest BCUT2D eigenvalue weighted by Crippen LogP contribution is -2.74. The number of Topliss-reactive ketones (excluding diaryl/α,β-unsaturated/α-hetero) is 4. The van der Waals surface area contributed by atoms with Crippen LogP contribution in [0, 0.1) is 29.6 Å². The lowest BCUT2D eigenvalue weighted by molar-refractivity contribution is -0.181. The highest BCUT2D eigenvalue weighted by Gasteiger charge is 2.69. The summed E-state index contributed by atoms with van der Waals surface area (Å²) in [6, 6.07) is 0.523. The number of hydrogen-bond acceptors (Lipinski definition) is 9. The normalized spacial score (nSPS) is 30.9. The highest BCUT2D eigenvalue weighted by molar-refractivity contribution is 6.34. The third-order valence-corrected chi connectivity index (χ3v) is 9.86. The number of carbonyl (C=O) groups excluding carboxylic acids is 5. The van der Waals surface area contributed by atoms with Gasteiger partial charge in [0.25, 0.3) is 0 Å². The second-order valence-electron chi connectivity index (χ2n) is 12.1. The van der Waals surface area contributed by atoms with E-state index < -0.39 is 64.4 Å². The Morgan fingerprint density at radius 2 is 1.80 bits per heavy atom. The van der Waals surface area contributed by atoms with Gasteiger partial charge in [0.1, 0.15) is 5.75 Å². The summed E-state index contributed by atoms with van der Waals surface area (Å²) in [6.45, 7) is 9.57. The van der Waals surface area contributed by atoms with Crippen LogP contribution in [0.3, 0.4) is 0 Å². The first-order valence-electron chi connectivity index (χ1n) is 13.7. The Hall–Kier alpha value is -2.66. The predicted molar refractivity (Wildman–Crippen MR) is 147 cm³/mol. The Morgan fingerprint density at radius 3 is 2.33 bits per heavy atom. The number of nitrogens with zero attached hydrogens (tertiary/aromatic N) is 2. The first-order chi connectivity index (χ1) is 18.6. The van der Waals surface area contributed by atoms with Crippen LogP contribution >= 0.6 is 11.6 Å². The number of amides is 1. The van der Waals surface area contributed by atoms with Crippen molar-refractivity contribution in [3.8, 4) is 5.75 Å². The van der Waals surface area contributed by atoms with Crippen molar-refractivity contribution in [3.05, 3.63) is 27.8 Å². The fraction of sp³-hybridized carbons (Fsp3) is 0.621. The summed E-state index contributed by atoms with van der Waals surface area (Å²) < 4.78 is 0.